The zero-order valence-electron chi connectivity index (χ0n) is 14.6. The summed E-state index contributed by atoms with van der Waals surface area (Å²) in [5.41, 5.74) is 0. The zero-order chi connectivity index (χ0) is 18.3. The van der Waals surface area contributed by atoms with Crippen LogP contribution >= 0.6 is 0 Å². The first-order valence-electron chi connectivity index (χ1n) is 7.96. The summed E-state index contributed by atoms with van der Waals surface area (Å²) >= 11 is 0. The Labute approximate surface area is 148 Å². The molecule has 136 valence electrons. The highest BCUT2D eigenvalue weighted by Crippen LogP contribution is 2.18. The SMILES string of the molecule is CCOc1ccc(S(=O)(=O)NC(C)COc2ccc(OC)cc2)cc1. The lowest BCUT2D eigenvalue weighted by atomic mass is 10.3. The molecule has 1 N–H and O–H groups in total. The third-order valence-electron chi connectivity index (χ3n) is 3.36. The van der Waals surface area contributed by atoms with E-state index in [-0.39, 0.29) is 11.5 Å². The van der Waals surface area contributed by atoms with Crippen LogP contribution in [0, 0.1) is 0 Å². The number of methoxy groups -OCH3 is 1. The van der Waals surface area contributed by atoms with E-state index in [1.165, 1.54) is 12.1 Å². The summed E-state index contributed by atoms with van der Waals surface area (Å²) in [7, 11) is -2.02. The second-order valence-electron chi connectivity index (χ2n) is 5.41. The minimum atomic E-state index is -3.61. The summed E-state index contributed by atoms with van der Waals surface area (Å²) < 4.78 is 43.4. The van der Waals surface area contributed by atoms with Gasteiger partial charge in [-0.1, -0.05) is 0 Å². The van der Waals surface area contributed by atoms with E-state index in [1.54, 1.807) is 50.4 Å². The van der Waals surface area contributed by atoms with E-state index in [1.807, 2.05) is 6.92 Å². The molecule has 2 rings (SSSR count). The molecule has 25 heavy (non-hydrogen) atoms. The van der Waals surface area contributed by atoms with Crippen LogP contribution in [-0.4, -0.2) is 34.8 Å². The Morgan fingerprint density at radius 1 is 0.920 bits per heavy atom. The third kappa shape index (κ3) is 5.65. The first-order chi connectivity index (χ1) is 11.9. The molecule has 0 saturated heterocycles. The molecule has 1 atom stereocenters. The van der Waals surface area contributed by atoms with Crippen LogP contribution in [0.5, 0.6) is 17.2 Å². The van der Waals surface area contributed by atoms with E-state index in [4.69, 9.17) is 14.2 Å². The number of hydrogen-bond donors (Lipinski definition) is 1. The Hall–Kier alpha value is -2.25. The van der Waals surface area contributed by atoms with Crippen LogP contribution in [-0.2, 0) is 10.0 Å². The van der Waals surface area contributed by atoms with E-state index < -0.39 is 16.1 Å². The summed E-state index contributed by atoms with van der Waals surface area (Å²) in [6, 6.07) is 13.0. The molecule has 0 aliphatic heterocycles. The molecular weight excluding hydrogens is 342 g/mol. The van der Waals surface area contributed by atoms with E-state index in [0.717, 1.165) is 5.75 Å². The van der Waals surface area contributed by atoms with E-state index in [2.05, 4.69) is 4.72 Å². The summed E-state index contributed by atoms with van der Waals surface area (Å²) in [6.45, 7) is 4.36. The lowest BCUT2D eigenvalue weighted by molar-refractivity contribution is 0.287. The van der Waals surface area contributed by atoms with Crippen LogP contribution in [0.15, 0.2) is 53.4 Å². The summed E-state index contributed by atoms with van der Waals surface area (Å²) in [6.07, 6.45) is 0. The highest BCUT2D eigenvalue weighted by atomic mass is 32.2. The minimum Gasteiger partial charge on any atom is -0.497 e. The quantitative estimate of drug-likeness (QED) is 0.740. The van der Waals surface area contributed by atoms with Crippen molar-refractivity contribution in [1.82, 2.24) is 4.72 Å². The fourth-order valence-corrected chi connectivity index (χ4v) is 3.37. The van der Waals surface area contributed by atoms with Crippen LogP contribution in [0.4, 0.5) is 0 Å². The molecule has 2 aromatic rings. The first kappa shape index (κ1) is 19.1. The second-order valence-corrected chi connectivity index (χ2v) is 7.13. The van der Waals surface area contributed by atoms with E-state index in [9.17, 15) is 8.42 Å². The molecule has 0 bridgehead atoms. The van der Waals surface area contributed by atoms with Crippen LogP contribution in [0.1, 0.15) is 13.8 Å². The summed E-state index contributed by atoms with van der Waals surface area (Å²) in [5, 5.41) is 0. The van der Waals surface area contributed by atoms with Crippen LogP contribution < -0.4 is 18.9 Å². The Balaban J connectivity index is 1.92. The van der Waals surface area contributed by atoms with Gasteiger partial charge in [0.25, 0.3) is 0 Å². The zero-order valence-corrected chi connectivity index (χ0v) is 15.4. The molecule has 0 aliphatic carbocycles. The van der Waals surface area contributed by atoms with Gasteiger partial charge < -0.3 is 14.2 Å². The average molecular weight is 365 g/mol. The Morgan fingerprint density at radius 2 is 1.44 bits per heavy atom. The molecule has 0 saturated carbocycles. The van der Waals surface area contributed by atoms with Crippen molar-refractivity contribution in [2.75, 3.05) is 20.3 Å². The number of benzene rings is 2. The molecule has 0 amide bonds. The van der Waals surface area contributed by atoms with Crippen molar-refractivity contribution >= 4 is 10.0 Å². The fourth-order valence-electron chi connectivity index (χ4n) is 2.14. The molecule has 0 fully saturated rings. The van der Waals surface area contributed by atoms with Gasteiger partial charge in [0.15, 0.2) is 0 Å². The third-order valence-corrected chi connectivity index (χ3v) is 4.97. The van der Waals surface area contributed by atoms with Crippen molar-refractivity contribution in [1.29, 1.82) is 0 Å². The van der Waals surface area contributed by atoms with E-state index >= 15 is 0 Å². The topological polar surface area (TPSA) is 73.9 Å². The maximum Gasteiger partial charge on any atom is 0.240 e. The van der Waals surface area contributed by atoms with Gasteiger partial charge in [0.2, 0.25) is 10.0 Å². The highest BCUT2D eigenvalue weighted by molar-refractivity contribution is 7.89. The Bertz CT molecular complexity index is 757. The standard InChI is InChI=1S/C18H23NO5S/c1-4-23-16-9-11-18(12-10-16)25(20,21)19-14(2)13-24-17-7-5-15(22-3)6-8-17/h5-12,14,19H,4,13H2,1-3H3. The van der Waals surface area contributed by atoms with Crippen LogP contribution in [0.25, 0.3) is 0 Å². The second kappa shape index (κ2) is 8.73. The molecule has 0 aromatic heterocycles. The van der Waals surface area contributed by atoms with Crippen LogP contribution in [0.2, 0.25) is 0 Å². The van der Waals surface area contributed by atoms with Gasteiger partial charge >= 0.3 is 0 Å². The highest BCUT2D eigenvalue weighted by Gasteiger charge is 2.17. The lowest BCUT2D eigenvalue weighted by Gasteiger charge is -2.15. The summed E-state index contributed by atoms with van der Waals surface area (Å²) in [4.78, 5) is 0.187. The number of ether oxygens (including phenoxy) is 3. The number of nitrogens with one attached hydrogen (secondary N) is 1. The molecule has 2 aromatic carbocycles. The predicted molar refractivity (Wildman–Crippen MR) is 95.9 cm³/mol. The lowest BCUT2D eigenvalue weighted by Crippen LogP contribution is -2.36. The average Bonchev–Trinajstić information content (AvgIpc) is 2.61. The molecule has 0 heterocycles. The molecule has 0 aliphatic rings. The Kier molecular flexibility index (Phi) is 6.66. The van der Waals surface area contributed by atoms with Crippen LogP contribution in [0.3, 0.4) is 0 Å². The van der Waals surface area contributed by atoms with Gasteiger partial charge in [-0.3, -0.25) is 0 Å². The van der Waals surface area contributed by atoms with Gasteiger partial charge in [-0.25, -0.2) is 13.1 Å². The first-order valence-corrected chi connectivity index (χ1v) is 9.45. The molecule has 1 unspecified atom stereocenters. The van der Waals surface area contributed by atoms with Gasteiger partial charge in [-0.2, -0.15) is 0 Å². The maximum absolute atomic E-state index is 12.4. The Morgan fingerprint density at radius 3 is 2.00 bits per heavy atom. The van der Waals surface area contributed by atoms with Crippen molar-refractivity contribution in [2.45, 2.75) is 24.8 Å². The number of sulfonamides is 1. The van der Waals surface area contributed by atoms with Crippen molar-refractivity contribution in [3.63, 3.8) is 0 Å². The molecule has 7 heteroatoms. The van der Waals surface area contributed by atoms with Gasteiger partial charge in [0.05, 0.1) is 24.7 Å². The monoisotopic (exact) mass is 365 g/mol. The fraction of sp³-hybridized carbons (Fsp3) is 0.333. The largest absolute Gasteiger partial charge is 0.497 e. The molecule has 0 radical (unpaired) electrons. The normalized spacial score (nSPS) is 12.4. The van der Waals surface area contributed by atoms with Gasteiger partial charge in [-0.05, 0) is 62.4 Å². The molecule has 6 nitrogen and oxygen atoms in total. The van der Waals surface area contributed by atoms with Gasteiger partial charge in [-0.15, -0.1) is 0 Å². The van der Waals surface area contributed by atoms with Crippen molar-refractivity contribution in [3.8, 4) is 17.2 Å². The van der Waals surface area contributed by atoms with Crippen molar-refractivity contribution in [3.05, 3.63) is 48.5 Å². The van der Waals surface area contributed by atoms with Gasteiger partial charge in [0, 0.05) is 0 Å². The predicted octanol–water partition coefficient (Wildman–Crippen LogP) is 2.84. The van der Waals surface area contributed by atoms with Crippen molar-refractivity contribution < 1.29 is 22.6 Å². The smallest absolute Gasteiger partial charge is 0.240 e. The van der Waals surface area contributed by atoms with Crippen molar-refractivity contribution in [2.24, 2.45) is 0 Å². The number of hydrogen-bond acceptors (Lipinski definition) is 5. The molecular formula is C18H23NO5S. The number of rotatable bonds is 9. The molecule has 0 spiro atoms. The summed E-state index contributed by atoms with van der Waals surface area (Å²) in [5.74, 6) is 2.02. The minimum absolute atomic E-state index is 0.187. The maximum atomic E-state index is 12.4. The van der Waals surface area contributed by atoms with Gasteiger partial charge in [0.1, 0.15) is 23.9 Å². The van der Waals surface area contributed by atoms with E-state index in [0.29, 0.717) is 18.1 Å².